The number of likely N-dealkylation sites (tertiary alicyclic amines) is 1. The van der Waals surface area contributed by atoms with Crippen molar-refractivity contribution in [3.63, 3.8) is 0 Å². The molecule has 1 amide bonds. The van der Waals surface area contributed by atoms with Crippen molar-refractivity contribution in [2.75, 3.05) is 31.0 Å². The topological polar surface area (TPSA) is 90.0 Å². The quantitative estimate of drug-likeness (QED) is 0.458. The Labute approximate surface area is 225 Å². The number of nitrogens with zero attached hydrogens (tertiary/aromatic N) is 2. The van der Waals surface area contributed by atoms with Crippen molar-refractivity contribution < 1.29 is 18.3 Å². The third kappa shape index (κ3) is 5.46. The van der Waals surface area contributed by atoms with Crippen LogP contribution < -0.4 is 10.4 Å². The van der Waals surface area contributed by atoms with Crippen molar-refractivity contribution in [3.8, 4) is 10.4 Å². The molecule has 0 radical (unpaired) electrons. The first kappa shape index (κ1) is 25.9. The fraction of sp³-hybridized carbons (Fsp3) is 0.296. The number of hydrogen-bond donors (Lipinski definition) is 2. The van der Waals surface area contributed by atoms with Crippen LogP contribution in [0.1, 0.15) is 23.8 Å². The minimum absolute atomic E-state index is 0.0659. The summed E-state index contributed by atoms with van der Waals surface area (Å²) in [5.74, 6) is -0.0227. The van der Waals surface area contributed by atoms with Crippen molar-refractivity contribution >= 4 is 44.4 Å². The van der Waals surface area contributed by atoms with E-state index in [0.29, 0.717) is 29.5 Å². The molecule has 0 aliphatic carbocycles. The number of carbonyl (C=O) groups excluding carboxylic acids is 1. The van der Waals surface area contributed by atoms with E-state index in [1.807, 2.05) is 42.5 Å². The number of hydrogen-bond acceptors (Lipinski definition) is 7. The molecule has 0 spiro atoms. The van der Waals surface area contributed by atoms with Gasteiger partial charge in [0.05, 0.1) is 21.6 Å². The average Bonchev–Trinajstić information content (AvgIpc) is 3.56. The maximum Gasteiger partial charge on any atom is 0.271 e. The summed E-state index contributed by atoms with van der Waals surface area (Å²) in [5, 5.41) is 11.9. The number of anilines is 1. The van der Waals surface area contributed by atoms with Crippen LogP contribution in [0.2, 0.25) is 5.02 Å². The molecule has 1 saturated heterocycles. The first-order chi connectivity index (χ1) is 17.7. The fourth-order valence-corrected chi connectivity index (χ4v) is 6.64. The number of benzene rings is 2. The molecule has 2 aliphatic heterocycles. The monoisotopic (exact) mass is 557 g/mol. The Bertz CT molecular complexity index is 1450. The van der Waals surface area contributed by atoms with Crippen molar-refractivity contribution in [3.05, 3.63) is 82.3 Å². The highest BCUT2D eigenvalue weighted by Crippen LogP contribution is 2.38. The second kappa shape index (κ2) is 10.6. The van der Waals surface area contributed by atoms with Gasteiger partial charge in [0.25, 0.3) is 5.91 Å². The Kier molecular flexibility index (Phi) is 7.42. The van der Waals surface area contributed by atoms with Gasteiger partial charge in [-0.25, -0.2) is 13.8 Å². The Hall–Kier alpha value is -2.69. The van der Waals surface area contributed by atoms with Crippen LogP contribution in [0.5, 0.6) is 0 Å². The zero-order valence-electron chi connectivity index (χ0n) is 20.3. The van der Waals surface area contributed by atoms with Gasteiger partial charge in [-0.05, 0) is 66.8 Å². The third-order valence-corrected chi connectivity index (χ3v) is 9.34. The minimum atomic E-state index is -3.31. The largest absolute Gasteiger partial charge is 0.396 e. The van der Waals surface area contributed by atoms with E-state index >= 15 is 0 Å². The molecular weight excluding hydrogens is 530 g/mol. The average molecular weight is 558 g/mol. The van der Waals surface area contributed by atoms with Gasteiger partial charge in [-0.15, -0.1) is 11.3 Å². The molecule has 2 atom stereocenters. The van der Waals surface area contributed by atoms with Gasteiger partial charge in [0, 0.05) is 35.7 Å². The number of hydrazine groups is 1. The number of thiophene rings is 1. The summed E-state index contributed by atoms with van der Waals surface area (Å²) in [6.45, 7) is 1.23. The van der Waals surface area contributed by atoms with Crippen LogP contribution in [-0.4, -0.2) is 50.3 Å². The lowest BCUT2D eigenvalue weighted by Crippen LogP contribution is -2.45. The van der Waals surface area contributed by atoms with E-state index in [1.54, 1.807) is 34.2 Å². The van der Waals surface area contributed by atoms with Crippen LogP contribution in [0.15, 0.2) is 77.3 Å². The van der Waals surface area contributed by atoms with Crippen LogP contribution in [0.25, 0.3) is 10.4 Å². The molecule has 7 nitrogen and oxygen atoms in total. The molecular formula is C27H28ClN3O4S2. The Morgan fingerprint density at radius 1 is 1.16 bits per heavy atom. The fourth-order valence-electron chi connectivity index (χ4n) is 4.74. The molecule has 3 aromatic rings. The van der Waals surface area contributed by atoms with E-state index in [-0.39, 0.29) is 29.4 Å². The number of para-hydroxylation sites is 1. The predicted octanol–water partition coefficient (Wildman–Crippen LogP) is 4.65. The van der Waals surface area contributed by atoms with Gasteiger partial charge in [0.1, 0.15) is 5.70 Å². The Morgan fingerprint density at radius 3 is 2.73 bits per heavy atom. The summed E-state index contributed by atoms with van der Waals surface area (Å²) in [6, 6.07) is 18.0. The number of piperidine rings is 1. The van der Waals surface area contributed by atoms with E-state index in [9.17, 15) is 18.3 Å². The molecule has 2 unspecified atom stereocenters. The van der Waals surface area contributed by atoms with E-state index in [4.69, 9.17) is 11.6 Å². The smallest absolute Gasteiger partial charge is 0.271 e. The zero-order chi connectivity index (χ0) is 26.2. The molecule has 194 valence electrons. The van der Waals surface area contributed by atoms with Crippen LogP contribution in [0.3, 0.4) is 0 Å². The number of halogens is 1. The number of aliphatic hydroxyl groups is 1. The maximum absolute atomic E-state index is 13.7. The molecule has 1 aromatic heterocycles. The molecule has 2 N–H and O–H groups in total. The highest BCUT2D eigenvalue weighted by Gasteiger charge is 2.35. The van der Waals surface area contributed by atoms with Gasteiger partial charge in [-0.3, -0.25) is 9.80 Å². The van der Waals surface area contributed by atoms with E-state index < -0.39 is 9.84 Å². The SMILES string of the molecule is CS(=O)(=O)c1cccc(-c2ccc(C3C=C(C(=O)N4CCCC(CO)C4)N(c4ccccc4Cl)N3)s2)c1. The normalized spacial score (nSPS) is 20.2. The van der Waals surface area contributed by atoms with Crippen molar-refractivity contribution in [2.45, 2.75) is 23.8 Å². The lowest BCUT2D eigenvalue weighted by atomic mass is 9.99. The van der Waals surface area contributed by atoms with Gasteiger partial charge in [-0.2, -0.15) is 0 Å². The van der Waals surface area contributed by atoms with Crippen LogP contribution in [0.4, 0.5) is 5.69 Å². The zero-order valence-corrected chi connectivity index (χ0v) is 22.7. The molecule has 1 fully saturated rings. The maximum atomic E-state index is 13.7. The highest BCUT2D eigenvalue weighted by molar-refractivity contribution is 7.90. The summed E-state index contributed by atoms with van der Waals surface area (Å²) in [7, 11) is -3.31. The summed E-state index contributed by atoms with van der Waals surface area (Å²) in [6.07, 6.45) is 4.88. The van der Waals surface area contributed by atoms with E-state index in [1.165, 1.54) is 17.6 Å². The summed E-state index contributed by atoms with van der Waals surface area (Å²) >= 11 is 8.06. The first-order valence-electron chi connectivity index (χ1n) is 12.1. The molecule has 2 aliphatic rings. The molecule has 3 heterocycles. The number of carbonyl (C=O) groups is 1. The molecule has 10 heteroatoms. The standard InChI is InChI=1S/C27H28ClN3O4S2/c1-37(34,35)20-8-4-7-19(14-20)25-11-12-26(36-25)22-15-24(27(33)30-13-5-6-18(16-30)17-32)31(29-22)23-10-3-2-9-21(23)28/h2-4,7-12,14-15,18,22,29,32H,5-6,13,16-17H2,1H3. The van der Waals surface area contributed by atoms with E-state index in [0.717, 1.165) is 28.2 Å². The van der Waals surface area contributed by atoms with Gasteiger partial charge in [0.15, 0.2) is 9.84 Å². The Morgan fingerprint density at radius 2 is 1.97 bits per heavy atom. The number of aliphatic hydroxyl groups excluding tert-OH is 1. The molecule has 37 heavy (non-hydrogen) atoms. The number of amides is 1. The predicted molar refractivity (Wildman–Crippen MR) is 147 cm³/mol. The number of nitrogens with one attached hydrogen (secondary N) is 1. The minimum Gasteiger partial charge on any atom is -0.396 e. The third-order valence-electron chi connectivity index (χ3n) is 6.69. The number of sulfone groups is 1. The van der Waals surface area contributed by atoms with Gasteiger partial charge in [-0.1, -0.05) is 35.9 Å². The van der Waals surface area contributed by atoms with Crippen LogP contribution in [0, 0.1) is 5.92 Å². The first-order valence-corrected chi connectivity index (χ1v) is 15.2. The van der Waals surface area contributed by atoms with Gasteiger partial charge < -0.3 is 10.0 Å². The van der Waals surface area contributed by atoms with Crippen LogP contribution >= 0.6 is 22.9 Å². The molecule has 5 rings (SSSR count). The number of rotatable bonds is 6. The van der Waals surface area contributed by atoms with E-state index in [2.05, 4.69) is 5.43 Å². The second-order valence-corrected chi connectivity index (χ2v) is 12.9. The summed E-state index contributed by atoms with van der Waals surface area (Å²) in [4.78, 5) is 17.7. The summed E-state index contributed by atoms with van der Waals surface area (Å²) < 4.78 is 24.0. The highest BCUT2D eigenvalue weighted by atomic mass is 35.5. The van der Waals surface area contributed by atoms with Crippen LogP contribution in [-0.2, 0) is 14.6 Å². The van der Waals surface area contributed by atoms with Gasteiger partial charge >= 0.3 is 0 Å². The second-order valence-electron chi connectivity index (χ2n) is 9.39. The lowest BCUT2D eigenvalue weighted by molar-refractivity contribution is -0.129. The summed E-state index contributed by atoms with van der Waals surface area (Å²) in [5.41, 5.74) is 5.43. The van der Waals surface area contributed by atoms with Crippen molar-refractivity contribution in [2.24, 2.45) is 5.92 Å². The molecule has 2 aromatic carbocycles. The van der Waals surface area contributed by atoms with Crippen molar-refractivity contribution in [1.29, 1.82) is 0 Å². The van der Waals surface area contributed by atoms with Crippen molar-refractivity contribution in [1.82, 2.24) is 10.3 Å². The van der Waals surface area contributed by atoms with Gasteiger partial charge in [0.2, 0.25) is 0 Å². The lowest BCUT2D eigenvalue weighted by Gasteiger charge is -2.34. The Balaban J connectivity index is 1.47. The molecule has 0 bridgehead atoms. The molecule has 0 saturated carbocycles.